The lowest BCUT2D eigenvalue weighted by Gasteiger charge is -2.41. The van der Waals surface area contributed by atoms with Crippen LogP contribution in [-0.2, 0) is 9.31 Å². The first kappa shape index (κ1) is 17.9. The van der Waals surface area contributed by atoms with Crippen LogP contribution in [0.15, 0.2) is 11.8 Å². The van der Waals surface area contributed by atoms with Crippen molar-refractivity contribution in [3.63, 3.8) is 0 Å². The Balaban J connectivity index is 2.08. The van der Waals surface area contributed by atoms with Crippen molar-refractivity contribution in [1.29, 1.82) is 0 Å². The zero-order valence-corrected chi connectivity index (χ0v) is 15.1. The number of nitrogens with zero attached hydrogens (tertiary/aromatic N) is 2. The summed E-state index contributed by atoms with van der Waals surface area (Å²) in [6.45, 7) is 15.7. The third-order valence-corrected chi connectivity index (χ3v) is 5.29. The zero-order chi connectivity index (χ0) is 16.8. The van der Waals surface area contributed by atoms with Gasteiger partial charge in [-0.15, -0.1) is 0 Å². The van der Waals surface area contributed by atoms with Crippen LogP contribution in [0.2, 0.25) is 0 Å². The van der Waals surface area contributed by atoms with Crippen molar-refractivity contribution in [2.45, 2.75) is 58.3 Å². The van der Waals surface area contributed by atoms with E-state index in [4.69, 9.17) is 9.31 Å². The predicted octanol–water partition coefficient (Wildman–Crippen LogP) is 2.50. The second-order valence-electron chi connectivity index (χ2n) is 8.06. The first-order chi connectivity index (χ1) is 9.95. The highest BCUT2D eigenvalue weighted by Gasteiger charge is 2.53. The highest BCUT2D eigenvalue weighted by atomic mass is 19.1. The molecular weight excluding hydrogens is 282 g/mol. The van der Waals surface area contributed by atoms with Crippen molar-refractivity contribution in [3.8, 4) is 0 Å². The lowest BCUT2D eigenvalue weighted by Crippen LogP contribution is -2.53. The fourth-order valence-corrected chi connectivity index (χ4v) is 2.84. The molecule has 22 heavy (non-hydrogen) atoms. The number of hydrogen-bond acceptors (Lipinski definition) is 4. The van der Waals surface area contributed by atoms with Gasteiger partial charge in [-0.2, -0.15) is 0 Å². The van der Waals surface area contributed by atoms with E-state index in [0.717, 1.165) is 26.2 Å². The van der Waals surface area contributed by atoms with E-state index in [1.165, 1.54) is 0 Å². The summed E-state index contributed by atoms with van der Waals surface area (Å²) in [7, 11) is 1.21. The molecule has 0 unspecified atom stereocenters. The third-order valence-electron chi connectivity index (χ3n) is 5.29. The lowest BCUT2D eigenvalue weighted by molar-refractivity contribution is 0.00578. The van der Waals surface area contributed by atoms with E-state index >= 15 is 0 Å². The number of piperazine rings is 1. The molecule has 2 heterocycles. The Kier molecular flexibility index (Phi) is 4.80. The Morgan fingerprint density at radius 1 is 1.05 bits per heavy atom. The third kappa shape index (κ3) is 3.56. The van der Waals surface area contributed by atoms with Crippen molar-refractivity contribution in [2.75, 3.05) is 33.2 Å². The Hall–Kier alpha value is -0.425. The maximum Gasteiger partial charge on any atom is 0.524 e. The van der Waals surface area contributed by atoms with Crippen LogP contribution in [0.25, 0.3) is 0 Å². The second kappa shape index (κ2) is 5.89. The molecular formula is C16H30BFN2O2. The molecule has 4 nitrogen and oxygen atoms in total. The molecule has 0 spiro atoms. The van der Waals surface area contributed by atoms with Gasteiger partial charge in [0, 0.05) is 31.7 Å². The average Bonchev–Trinajstić information content (AvgIpc) is 2.58. The largest absolute Gasteiger partial charge is 0.524 e. The molecule has 6 heteroatoms. The van der Waals surface area contributed by atoms with E-state index < -0.39 is 18.3 Å². The second-order valence-corrected chi connectivity index (χ2v) is 8.06. The van der Waals surface area contributed by atoms with Crippen molar-refractivity contribution in [2.24, 2.45) is 0 Å². The minimum absolute atomic E-state index is 0.331. The molecule has 0 atom stereocenters. The molecule has 2 aliphatic heterocycles. The van der Waals surface area contributed by atoms with Gasteiger partial charge in [0.15, 0.2) is 0 Å². The van der Waals surface area contributed by atoms with Gasteiger partial charge in [0.2, 0.25) is 0 Å². The van der Waals surface area contributed by atoms with E-state index in [0.29, 0.717) is 0 Å². The van der Waals surface area contributed by atoms with E-state index in [-0.39, 0.29) is 11.3 Å². The lowest BCUT2D eigenvalue weighted by atomic mass is 9.84. The van der Waals surface area contributed by atoms with Gasteiger partial charge in [0.05, 0.1) is 11.2 Å². The van der Waals surface area contributed by atoms with Gasteiger partial charge in [-0.3, -0.25) is 4.90 Å². The predicted molar refractivity (Wildman–Crippen MR) is 88.4 cm³/mol. The van der Waals surface area contributed by atoms with Gasteiger partial charge in [0.1, 0.15) is 5.73 Å². The van der Waals surface area contributed by atoms with E-state index in [9.17, 15) is 4.39 Å². The number of hydrogen-bond donors (Lipinski definition) is 0. The minimum atomic E-state index is -0.906. The first-order valence-electron chi connectivity index (χ1n) is 8.12. The number of halogens is 1. The Morgan fingerprint density at radius 3 is 1.95 bits per heavy atom. The molecule has 0 aromatic heterocycles. The first-order valence-corrected chi connectivity index (χ1v) is 8.12. The summed E-state index contributed by atoms with van der Waals surface area (Å²) in [5.74, 6) is 0. The summed E-state index contributed by atoms with van der Waals surface area (Å²) in [6.07, 6.45) is 1.65. The zero-order valence-electron chi connectivity index (χ0n) is 15.1. The molecule has 0 amide bonds. The maximum absolute atomic E-state index is 14.7. The maximum atomic E-state index is 14.7. The van der Waals surface area contributed by atoms with Crippen LogP contribution in [0.3, 0.4) is 0 Å². The fourth-order valence-electron chi connectivity index (χ4n) is 2.84. The summed E-state index contributed by atoms with van der Waals surface area (Å²) < 4.78 is 26.3. The molecule has 0 radical (unpaired) electrons. The molecule has 2 aliphatic rings. The molecule has 0 saturated carbocycles. The highest BCUT2D eigenvalue weighted by molar-refractivity contribution is 6.53. The summed E-state index contributed by atoms with van der Waals surface area (Å²) in [5.41, 5.74) is -1.71. The van der Waals surface area contributed by atoms with Crippen LogP contribution in [0.1, 0.15) is 41.5 Å². The molecule has 2 saturated heterocycles. The molecule has 0 aliphatic carbocycles. The van der Waals surface area contributed by atoms with Crippen LogP contribution in [0.4, 0.5) is 4.39 Å². The van der Waals surface area contributed by atoms with Gasteiger partial charge in [-0.1, -0.05) is 0 Å². The van der Waals surface area contributed by atoms with Gasteiger partial charge < -0.3 is 14.2 Å². The van der Waals surface area contributed by atoms with Gasteiger partial charge in [0.25, 0.3) is 0 Å². The Bertz CT molecular complexity index is 427. The highest BCUT2D eigenvalue weighted by Crippen LogP contribution is 2.39. The van der Waals surface area contributed by atoms with E-state index in [1.807, 2.05) is 41.5 Å². The van der Waals surface area contributed by atoms with Crippen LogP contribution in [-0.4, -0.2) is 66.9 Å². The standard InChI is InChI=1S/C16H30BFN2O2/c1-14(2,20-10-8-19(7)9-11-20)12-13(18)17-21-15(3,4)16(5,6)22-17/h12H,8-11H2,1-7H3. The van der Waals surface area contributed by atoms with Crippen molar-refractivity contribution in [3.05, 3.63) is 11.8 Å². The summed E-state index contributed by atoms with van der Waals surface area (Å²) in [4.78, 5) is 4.60. The van der Waals surface area contributed by atoms with Crippen molar-refractivity contribution in [1.82, 2.24) is 9.80 Å². The number of likely N-dealkylation sites (N-methyl/N-ethyl adjacent to an activating group) is 1. The van der Waals surface area contributed by atoms with E-state index in [1.54, 1.807) is 6.08 Å². The molecule has 2 fully saturated rings. The Labute approximate surface area is 134 Å². The van der Waals surface area contributed by atoms with Crippen LogP contribution in [0, 0.1) is 0 Å². The topological polar surface area (TPSA) is 24.9 Å². The van der Waals surface area contributed by atoms with Gasteiger partial charge in [-0.25, -0.2) is 4.39 Å². The SMILES string of the molecule is CN1CCN(C(C)(C)C=C(F)B2OC(C)(C)C(C)(C)O2)CC1. The Morgan fingerprint density at radius 2 is 1.50 bits per heavy atom. The van der Waals surface area contributed by atoms with Crippen molar-refractivity contribution < 1.29 is 13.7 Å². The van der Waals surface area contributed by atoms with Crippen LogP contribution >= 0.6 is 0 Å². The summed E-state index contributed by atoms with van der Waals surface area (Å²) in [6, 6.07) is 0. The van der Waals surface area contributed by atoms with E-state index in [2.05, 4.69) is 16.8 Å². The summed E-state index contributed by atoms with van der Waals surface area (Å²) >= 11 is 0. The van der Waals surface area contributed by atoms with Crippen LogP contribution in [0.5, 0.6) is 0 Å². The smallest absolute Gasteiger partial charge is 0.398 e. The summed E-state index contributed by atoms with van der Waals surface area (Å²) in [5, 5.41) is 0. The minimum Gasteiger partial charge on any atom is -0.398 e. The average molecular weight is 312 g/mol. The molecule has 0 N–H and O–H groups in total. The molecule has 0 aromatic rings. The molecule has 2 rings (SSSR count). The monoisotopic (exact) mass is 312 g/mol. The van der Waals surface area contributed by atoms with Gasteiger partial charge in [-0.05, 0) is 54.7 Å². The molecule has 0 aromatic carbocycles. The van der Waals surface area contributed by atoms with Crippen LogP contribution < -0.4 is 0 Å². The number of rotatable bonds is 3. The van der Waals surface area contributed by atoms with Crippen molar-refractivity contribution >= 4 is 7.12 Å². The fraction of sp³-hybridized carbons (Fsp3) is 0.875. The molecule has 126 valence electrons. The quantitative estimate of drug-likeness (QED) is 0.748. The van der Waals surface area contributed by atoms with Gasteiger partial charge >= 0.3 is 7.12 Å². The molecule has 0 bridgehead atoms. The normalized spacial score (nSPS) is 27.5.